The number of anilines is 2. The van der Waals surface area contributed by atoms with Crippen LogP contribution in [-0.2, 0) is 11.3 Å². The lowest BCUT2D eigenvalue weighted by atomic mass is 10.0. The minimum atomic E-state index is -0.906. The van der Waals surface area contributed by atoms with Crippen LogP contribution in [0.25, 0.3) is 4.85 Å². The molecule has 2 aromatic rings. The zero-order valence-corrected chi connectivity index (χ0v) is 16.7. The summed E-state index contributed by atoms with van der Waals surface area (Å²) < 4.78 is 0. The molecule has 1 saturated heterocycles. The van der Waals surface area contributed by atoms with Gasteiger partial charge in [0.15, 0.2) is 5.11 Å². The Labute approximate surface area is 168 Å². The first-order valence-electron chi connectivity index (χ1n) is 8.23. The molecule has 138 valence electrons. The third-order valence-electron chi connectivity index (χ3n) is 4.58. The fourth-order valence-electron chi connectivity index (χ4n) is 3.09. The molecule has 1 aromatic heterocycles. The van der Waals surface area contributed by atoms with Crippen molar-refractivity contribution in [2.75, 3.05) is 9.80 Å². The second-order valence-electron chi connectivity index (χ2n) is 6.74. The van der Waals surface area contributed by atoms with Crippen LogP contribution in [0.2, 0.25) is 5.02 Å². The average molecular weight is 400 g/mol. The monoisotopic (exact) mass is 399 g/mol. The van der Waals surface area contributed by atoms with Gasteiger partial charge in [0.25, 0.3) is 11.7 Å². The summed E-state index contributed by atoms with van der Waals surface area (Å²) in [5.41, 5.74) is 7.53. The van der Waals surface area contributed by atoms with Gasteiger partial charge in [0.1, 0.15) is 11.7 Å². The summed E-state index contributed by atoms with van der Waals surface area (Å²) in [5.74, 6) is 0.125. The summed E-state index contributed by atoms with van der Waals surface area (Å²) in [6, 6.07) is 7.19. The van der Waals surface area contributed by atoms with Gasteiger partial charge in [-0.3, -0.25) is 9.69 Å². The van der Waals surface area contributed by atoms with Crippen molar-refractivity contribution in [1.82, 2.24) is 4.98 Å². The predicted molar refractivity (Wildman–Crippen MR) is 111 cm³/mol. The molecule has 0 unspecified atom stereocenters. The van der Waals surface area contributed by atoms with E-state index in [1.54, 1.807) is 37.8 Å². The van der Waals surface area contributed by atoms with Crippen molar-refractivity contribution in [3.05, 3.63) is 58.0 Å². The first-order chi connectivity index (χ1) is 12.7. The molecule has 2 heterocycles. The highest BCUT2D eigenvalue weighted by atomic mass is 35.5. The topological polar surface area (TPSA) is 66.8 Å². The molecule has 6 nitrogen and oxygen atoms in total. The van der Waals surface area contributed by atoms with Crippen molar-refractivity contribution < 1.29 is 4.79 Å². The lowest BCUT2D eigenvalue weighted by molar-refractivity contribution is -0.120. The molecule has 8 heteroatoms. The number of carbonyl (C=O) groups excluding carboxylic acids is 1. The maximum atomic E-state index is 13.2. The molecule has 1 fully saturated rings. The fraction of sp³-hybridized carbons (Fsp3) is 0.263. The molecule has 1 aromatic carbocycles. The average Bonchev–Trinajstić information content (AvgIpc) is 2.79. The maximum absolute atomic E-state index is 13.2. The quantitative estimate of drug-likeness (QED) is 0.624. The number of thiocarbonyl (C=S) groups is 1. The summed E-state index contributed by atoms with van der Waals surface area (Å²) in [7, 11) is 0. The van der Waals surface area contributed by atoms with Gasteiger partial charge in [0, 0.05) is 17.3 Å². The molecular formula is C19H18ClN5OS. The lowest BCUT2D eigenvalue weighted by Gasteiger charge is -2.29. The van der Waals surface area contributed by atoms with E-state index in [2.05, 4.69) is 9.83 Å². The number of pyridine rings is 1. The second-order valence-corrected chi connectivity index (χ2v) is 7.52. The van der Waals surface area contributed by atoms with Gasteiger partial charge in [0.05, 0.1) is 5.69 Å². The van der Waals surface area contributed by atoms with Crippen LogP contribution >= 0.6 is 23.8 Å². The molecule has 0 bridgehead atoms. The van der Waals surface area contributed by atoms with E-state index in [9.17, 15) is 4.79 Å². The molecule has 1 aliphatic rings. The van der Waals surface area contributed by atoms with E-state index in [-0.39, 0.29) is 5.91 Å². The Morgan fingerprint density at radius 2 is 2.04 bits per heavy atom. The number of amides is 1. The molecule has 0 atom stereocenters. The molecule has 0 spiro atoms. The van der Waals surface area contributed by atoms with Crippen LogP contribution in [0.5, 0.6) is 0 Å². The number of nitrogens with zero attached hydrogens (tertiary/aromatic N) is 4. The number of halogens is 1. The molecule has 0 radical (unpaired) electrons. The first kappa shape index (κ1) is 19.2. The van der Waals surface area contributed by atoms with Gasteiger partial charge >= 0.3 is 0 Å². The number of hydrogen-bond donors (Lipinski definition) is 1. The van der Waals surface area contributed by atoms with E-state index in [1.165, 1.54) is 11.1 Å². The molecule has 2 N–H and O–H groups in total. The summed E-state index contributed by atoms with van der Waals surface area (Å²) >= 11 is 11.9. The lowest BCUT2D eigenvalue weighted by Crippen LogP contribution is -2.44. The Kier molecular flexibility index (Phi) is 4.91. The third kappa shape index (κ3) is 3.06. The molecule has 27 heavy (non-hydrogen) atoms. The minimum Gasteiger partial charge on any atom is -0.360 e. The van der Waals surface area contributed by atoms with Crippen LogP contribution in [0.1, 0.15) is 25.0 Å². The Morgan fingerprint density at radius 1 is 1.33 bits per heavy atom. The predicted octanol–water partition coefficient (Wildman–Crippen LogP) is 3.97. The third-order valence-corrected chi connectivity index (χ3v) is 5.30. The van der Waals surface area contributed by atoms with Gasteiger partial charge in [-0.1, -0.05) is 24.2 Å². The van der Waals surface area contributed by atoms with E-state index in [0.29, 0.717) is 39.4 Å². The molecule has 1 amide bonds. The van der Waals surface area contributed by atoms with Crippen molar-refractivity contribution in [3.8, 4) is 0 Å². The van der Waals surface area contributed by atoms with Gasteiger partial charge in [-0.05, 0) is 62.3 Å². The number of carbonyl (C=O) groups is 1. The maximum Gasteiger partial charge on any atom is 0.272 e. The van der Waals surface area contributed by atoms with E-state index in [0.717, 1.165) is 5.56 Å². The summed E-state index contributed by atoms with van der Waals surface area (Å²) in [4.78, 5) is 23.9. The highest BCUT2D eigenvalue weighted by Gasteiger charge is 2.50. The van der Waals surface area contributed by atoms with Crippen LogP contribution in [0.3, 0.4) is 0 Å². The molecule has 3 rings (SSSR count). The molecule has 0 aliphatic carbocycles. The van der Waals surface area contributed by atoms with Crippen molar-refractivity contribution in [2.45, 2.75) is 32.9 Å². The number of hydrogen-bond acceptors (Lipinski definition) is 4. The number of benzene rings is 1. The van der Waals surface area contributed by atoms with E-state index in [1.807, 2.05) is 12.1 Å². The van der Waals surface area contributed by atoms with Crippen molar-refractivity contribution in [2.24, 2.45) is 5.73 Å². The van der Waals surface area contributed by atoms with Gasteiger partial charge in [-0.15, -0.1) is 4.98 Å². The number of rotatable bonds is 3. The van der Waals surface area contributed by atoms with Gasteiger partial charge in [0.2, 0.25) is 0 Å². The Morgan fingerprint density at radius 3 is 2.59 bits per heavy atom. The summed E-state index contributed by atoms with van der Waals surface area (Å²) in [6.07, 6.45) is 1.49. The second kappa shape index (κ2) is 6.89. The van der Waals surface area contributed by atoms with Gasteiger partial charge in [-0.25, -0.2) is 0 Å². The Hall–Kier alpha value is -2.53. The smallest absolute Gasteiger partial charge is 0.272 e. The van der Waals surface area contributed by atoms with Crippen LogP contribution in [-0.4, -0.2) is 21.5 Å². The van der Waals surface area contributed by atoms with E-state index < -0.39 is 5.54 Å². The van der Waals surface area contributed by atoms with Crippen molar-refractivity contribution in [3.63, 3.8) is 0 Å². The van der Waals surface area contributed by atoms with Crippen LogP contribution in [0.15, 0.2) is 30.5 Å². The molecule has 1 aliphatic heterocycles. The highest BCUT2D eigenvalue weighted by molar-refractivity contribution is 7.81. The van der Waals surface area contributed by atoms with Crippen LogP contribution in [0.4, 0.5) is 17.2 Å². The highest BCUT2D eigenvalue weighted by Crippen LogP contribution is 2.38. The van der Waals surface area contributed by atoms with E-state index >= 15 is 0 Å². The summed E-state index contributed by atoms with van der Waals surface area (Å²) in [6.45, 7) is 12.9. The largest absolute Gasteiger partial charge is 0.360 e. The number of aryl methyl sites for hydroxylation is 1. The fourth-order valence-corrected chi connectivity index (χ4v) is 3.86. The van der Waals surface area contributed by atoms with Gasteiger partial charge in [-0.2, -0.15) is 0 Å². The zero-order valence-electron chi connectivity index (χ0n) is 15.2. The number of aromatic nitrogens is 1. The normalized spacial score (nSPS) is 16.0. The molecular weight excluding hydrogens is 382 g/mol. The van der Waals surface area contributed by atoms with Crippen LogP contribution < -0.4 is 15.5 Å². The molecule has 0 saturated carbocycles. The number of nitrogens with two attached hydrogens (primary N) is 1. The first-order valence-corrected chi connectivity index (χ1v) is 9.02. The van der Waals surface area contributed by atoms with Crippen molar-refractivity contribution in [1.29, 1.82) is 0 Å². The van der Waals surface area contributed by atoms with Crippen molar-refractivity contribution >= 4 is 52.0 Å². The SMILES string of the molecule is [C-]#[N+]c1ncc(N2C(=O)C(C)(C)N(c3ccc(CN)c(Cl)c3)C2=S)cc1C. The Balaban J connectivity index is 2.07. The van der Waals surface area contributed by atoms with E-state index in [4.69, 9.17) is 36.1 Å². The van der Waals surface area contributed by atoms with Gasteiger partial charge < -0.3 is 15.5 Å². The minimum absolute atomic E-state index is 0.178. The zero-order chi connectivity index (χ0) is 19.9. The summed E-state index contributed by atoms with van der Waals surface area (Å²) in [5, 5.41) is 0.858. The van der Waals surface area contributed by atoms with Crippen LogP contribution in [0, 0.1) is 13.5 Å². The standard InChI is InChI=1S/C19H18ClN5OS/c1-11-7-14(10-23-16(11)22-4)24-17(26)19(2,3)25(18(24)27)13-6-5-12(9-21)15(20)8-13/h5-8,10H,9,21H2,1-3H3. The Bertz CT molecular complexity index is 998.